The summed E-state index contributed by atoms with van der Waals surface area (Å²) in [5.74, 6) is -0.939. The molecule has 22 heavy (non-hydrogen) atoms. The van der Waals surface area contributed by atoms with Crippen molar-refractivity contribution in [2.45, 2.75) is 38.8 Å². The van der Waals surface area contributed by atoms with Crippen molar-refractivity contribution in [1.82, 2.24) is 9.88 Å². The lowest BCUT2D eigenvalue weighted by Gasteiger charge is -2.28. The van der Waals surface area contributed by atoms with E-state index in [-0.39, 0.29) is 5.56 Å². The van der Waals surface area contributed by atoms with E-state index in [2.05, 4.69) is 5.32 Å². The van der Waals surface area contributed by atoms with Gasteiger partial charge in [-0.3, -0.25) is 9.59 Å². The Morgan fingerprint density at radius 2 is 2.09 bits per heavy atom. The van der Waals surface area contributed by atoms with Crippen LogP contribution in [0.15, 0.2) is 23.1 Å². The number of carbonyl (C=O) groups excluding carboxylic acids is 1. The molecule has 0 spiro atoms. The number of pyridine rings is 1. The molecule has 0 aliphatic rings. The van der Waals surface area contributed by atoms with Gasteiger partial charge >= 0.3 is 5.97 Å². The van der Waals surface area contributed by atoms with E-state index >= 15 is 0 Å². The first-order valence-corrected chi connectivity index (χ1v) is 8.32. The largest absolute Gasteiger partial charge is 0.480 e. The van der Waals surface area contributed by atoms with E-state index in [1.165, 1.54) is 22.5 Å². The first kappa shape index (κ1) is 18.3. The molecule has 0 aromatic carbocycles. The van der Waals surface area contributed by atoms with Crippen LogP contribution < -0.4 is 10.9 Å². The zero-order valence-corrected chi connectivity index (χ0v) is 14.1. The molecular formula is C15H22N2O4S. The second-order valence-electron chi connectivity index (χ2n) is 5.57. The van der Waals surface area contributed by atoms with Crippen LogP contribution in [0.4, 0.5) is 0 Å². The minimum atomic E-state index is -1.17. The maximum atomic E-state index is 12.5. The minimum absolute atomic E-state index is 0.265. The molecule has 0 saturated carbocycles. The van der Waals surface area contributed by atoms with Crippen molar-refractivity contribution in [3.63, 3.8) is 0 Å². The number of carboxylic acid groups (broad SMARTS) is 1. The van der Waals surface area contributed by atoms with Crippen molar-refractivity contribution in [1.29, 1.82) is 0 Å². The van der Waals surface area contributed by atoms with Crippen LogP contribution in [0.5, 0.6) is 0 Å². The zero-order valence-electron chi connectivity index (χ0n) is 13.3. The third-order valence-electron chi connectivity index (χ3n) is 3.51. The quantitative estimate of drug-likeness (QED) is 0.786. The van der Waals surface area contributed by atoms with E-state index in [1.807, 2.05) is 6.26 Å². The van der Waals surface area contributed by atoms with Crippen LogP contribution in [0.2, 0.25) is 0 Å². The summed E-state index contributed by atoms with van der Waals surface area (Å²) in [6.45, 7) is 4.86. The number of amides is 1. The van der Waals surface area contributed by atoms with Crippen molar-refractivity contribution in [2.24, 2.45) is 0 Å². The molecule has 1 rings (SSSR count). The highest BCUT2D eigenvalue weighted by Gasteiger charge is 2.33. The van der Waals surface area contributed by atoms with Gasteiger partial charge in [0.1, 0.15) is 11.6 Å². The monoisotopic (exact) mass is 326 g/mol. The van der Waals surface area contributed by atoms with Gasteiger partial charge in [0, 0.05) is 11.8 Å². The minimum Gasteiger partial charge on any atom is -0.480 e. The molecule has 1 aromatic heterocycles. The SMILES string of the molecule is CSCCC(NC(=O)C(C)(C)n1cccc(C)c1=O)C(=O)O. The first-order chi connectivity index (χ1) is 10.2. The number of aliphatic carboxylic acids is 1. The van der Waals surface area contributed by atoms with Gasteiger partial charge in [-0.25, -0.2) is 4.79 Å². The number of nitrogens with zero attached hydrogens (tertiary/aromatic N) is 1. The fourth-order valence-electron chi connectivity index (χ4n) is 1.98. The highest BCUT2D eigenvalue weighted by molar-refractivity contribution is 7.98. The Bertz CT molecular complexity index is 610. The van der Waals surface area contributed by atoms with Gasteiger partial charge in [-0.15, -0.1) is 0 Å². The molecule has 1 heterocycles. The molecule has 6 nitrogen and oxygen atoms in total. The second kappa shape index (κ2) is 7.49. The van der Waals surface area contributed by atoms with Crippen LogP contribution in [0.1, 0.15) is 25.8 Å². The average molecular weight is 326 g/mol. The van der Waals surface area contributed by atoms with Crippen molar-refractivity contribution in [2.75, 3.05) is 12.0 Å². The number of rotatable bonds is 7. The van der Waals surface area contributed by atoms with E-state index < -0.39 is 23.5 Å². The van der Waals surface area contributed by atoms with Crippen molar-refractivity contribution in [3.8, 4) is 0 Å². The predicted octanol–water partition coefficient (Wildman–Crippen LogP) is 1.21. The molecule has 0 saturated heterocycles. The first-order valence-electron chi connectivity index (χ1n) is 6.93. The van der Waals surface area contributed by atoms with Crippen LogP contribution in [-0.2, 0) is 15.1 Å². The molecule has 1 unspecified atom stereocenters. The van der Waals surface area contributed by atoms with E-state index in [1.54, 1.807) is 32.9 Å². The van der Waals surface area contributed by atoms with E-state index in [9.17, 15) is 19.5 Å². The standard InChI is InChI=1S/C15H22N2O4S/c1-10-6-5-8-17(12(10)18)15(2,3)14(21)16-11(13(19)20)7-9-22-4/h5-6,8,11H,7,9H2,1-4H3,(H,16,21)(H,19,20). The molecule has 1 aromatic rings. The molecular weight excluding hydrogens is 304 g/mol. The average Bonchev–Trinajstić information content (AvgIpc) is 2.45. The van der Waals surface area contributed by atoms with Gasteiger partial charge in [0.05, 0.1) is 0 Å². The van der Waals surface area contributed by atoms with Crippen molar-refractivity contribution >= 4 is 23.6 Å². The number of hydrogen-bond acceptors (Lipinski definition) is 4. The van der Waals surface area contributed by atoms with Crippen LogP contribution >= 0.6 is 11.8 Å². The summed E-state index contributed by atoms with van der Waals surface area (Å²) in [5, 5.41) is 11.7. The number of thioether (sulfide) groups is 1. The fraction of sp³-hybridized carbons (Fsp3) is 0.533. The Morgan fingerprint density at radius 3 is 2.64 bits per heavy atom. The number of hydrogen-bond donors (Lipinski definition) is 2. The lowest BCUT2D eigenvalue weighted by atomic mass is 10.0. The Balaban J connectivity index is 3.01. The zero-order chi connectivity index (χ0) is 16.9. The van der Waals surface area contributed by atoms with Crippen LogP contribution in [-0.4, -0.2) is 39.6 Å². The Hall–Kier alpha value is -1.76. The Kier molecular flexibility index (Phi) is 6.22. The van der Waals surface area contributed by atoms with Crippen LogP contribution in [0.25, 0.3) is 0 Å². The lowest BCUT2D eigenvalue weighted by Crippen LogP contribution is -2.53. The van der Waals surface area contributed by atoms with E-state index in [4.69, 9.17) is 0 Å². The molecule has 0 fully saturated rings. The van der Waals surface area contributed by atoms with Crippen molar-refractivity contribution in [3.05, 3.63) is 34.2 Å². The molecule has 1 atom stereocenters. The van der Waals surface area contributed by atoms with Crippen LogP contribution in [0.3, 0.4) is 0 Å². The molecule has 0 aliphatic carbocycles. The summed E-state index contributed by atoms with van der Waals surface area (Å²) < 4.78 is 1.32. The summed E-state index contributed by atoms with van der Waals surface area (Å²) in [5.41, 5.74) is -0.907. The van der Waals surface area contributed by atoms with Gasteiger partial charge in [-0.1, -0.05) is 6.07 Å². The molecule has 0 radical (unpaired) electrons. The number of carboxylic acids is 1. The lowest BCUT2D eigenvalue weighted by molar-refractivity contribution is -0.143. The van der Waals surface area contributed by atoms with E-state index in [0.29, 0.717) is 17.7 Å². The molecule has 2 N–H and O–H groups in total. The topological polar surface area (TPSA) is 88.4 Å². The number of aromatic nitrogens is 1. The number of nitrogens with one attached hydrogen (secondary N) is 1. The van der Waals surface area contributed by atoms with Gasteiger partial charge < -0.3 is 15.0 Å². The van der Waals surface area contributed by atoms with Gasteiger partial charge in [0.25, 0.3) is 5.56 Å². The highest BCUT2D eigenvalue weighted by Crippen LogP contribution is 2.14. The predicted molar refractivity (Wildman–Crippen MR) is 87.3 cm³/mol. The maximum Gasteiger partial charge on any atom is 0.326 e. The van der Waals surface area contributed by atoms with Gasteiger partial charge in [-0.05, 0) is 45.3 Å². The molecule has 7 heteroatoms. The Labute approximate surface area is 133 Å². The third-order valence-corrected chi connectivity index (χ3v) is 4.15. The van der Waals surface area contributed by atoms with Gasteiger partial charge in [0.15, 0.2) is 0 Å². The van der Waals surface area contributed by atoms with Gasteiger partial charge in [0.2, 0.25) is 5.91 Å². The van der Waals surface area contributed by atoms with E-state index in [0.717, 1.165) is 0 Å². The molecule has 1 amide bonds. The second-order valence-corrected chi connectivity index (χ2v) is 6.56. The molecule has 0 bridgehead atoms. The summed E-state index contributed by atoms with van der Waals surface area (Å²) in [6, 6.07) is 2.40. The van der Waals surface area contributed by atoms with Gasteiger partial charge in [-0.2, -0.15) is 11.8 Å². The summed E-state index contributed by atoms with van der Waals surface area (Å²) in [6.07, 6.45) is 3.74. The highest BCUT2D eigenvalue weighted by atomic mass is 32.2. The Morgan fingerprint density at radius 1 is 1.45 bits per heavy atom. The fourth-order valence-corrected chi connectivity index (χ4v) is 2.45. The summed E-state index contributed by atoms with van der Waals surface area (Å²) >= 11 is 1.51. The van der Waals surface area contributed by atoms with Crippen molar-refractivity contribution < 1.29 is 14.7 Å². The number of aryl methyl sites for hydroxylation is 1. The van der Waals surface area contributed by atoms with Crippen LogP contribution in [0, 0.1) is 6.92 Å². The maximum absolute atomic E-state index is 12.5. The summed E-state index contributed by atoms with van der Waals surface area (Å²) in [7, 11) is 0. The molecule has 0 aliphatic heterocycles. The smallest absolute Gasteiger partial charge is 0.326 e. The summed E-state index contributed by atoms with van der Waals surface area (Å²) in [4.78, 5) is 35.9. The normalized spacial score (nSPS) is 12.7. The number of carbonyl (C=O) groups is 2. The molecule has 122 valence electrons. The third kappa shape index (κ3) is 4.13.